The highest BCUT2D eigenvalue weighted by molar-refractivity contribution is 7.89. The van der Waals surface area contributed by atoms with Gasteiger partial charge in [-0.15, -0.1) is 0 Å². The van der Waals surface area contributed by atoms with Crippen molar-refractivity contribution in [2.75, 3.05) is 26.7 Å². The summed E-state index contributed by atoms with van der Waals surface area (Å²) in [6.07, 6.45) is 4.49. The van der Waals surface area contributed by atoms with Gasteiger partial charge >= 0.3 is 0 Å². The molecular formula is C20H27N3O2S. The highest BCUT2D eigenvalue weighted by atomic mass is 32.2. The minimum atomic E-state index is -3.42. The van der Waals surface area contributed by atoms with Gasteiger partial charge in [0.15, 0.2) is 0 Å². The fraction of sp³-hybridized carbons (Fsp3) is 0.450. The number of pyridine rings is 1. The summed E-state index contributed by atoms with van der Waals surface area (Å²) in [5, 5.41) is 0. The molecule has 0 spiro atoms. The zero-order chi connectivity index (χ0) is 18.6. The summed E-state index contributed by atoms with van der Waals surface area (Å²) in [5.74, 6) is 0. The number of piperidine rings is 1. The van der Waals surface area contributed by atoms with Crippen molar-refractivity contribution in [2.24, 2.45) is 0 Å². The lowest BCUT2D eigenvalue weighted by molar-refractivity contribution is 0.171. The number of likely N-dealkylation sites (tertiary alicyclic amines) is 1. The van der Waals surface area contributed by atoms with Gasteiger partial charge in [-0.1, -0.05) is 23.8 Å². The molecule has 6 heteroatoms. The summed E-state index contributed by atoms with van der Waals surface area (Å²) in [6.45, 7) is 4.77. The molecule has 0 atom stereocenters. The zero-order valence-corrected chi connectivity index (χ0v) is 16.3. The van der Waals surface area contributed by atoms with E-state index in [1.807, 2.05) is 37.4 Å². The van der Waals surface area contributed by atoms with Gasteiger partial charge in [-0.05, 0) is 57.1 Å². The topological polar surface area (TPSA) is 53.5 Å². The Morgan fingerprint density at radius 1 is 1.12 bits per heavy atom. The maximum Gasteiger partial charge on any atom is 0.243 e. The molecule has 1 aliphatic heterocycles. The van der Waals surface area contributed by atoms with E-state index in [4.69, 9.17) is 0 Å². The zero-order valence-electron chi connectivity index (χ0n) is 15.5. The van der Waals surface area contributed by atoms with Gasteiger partial charge in [-0.2, -0.15) is 4.31 Å². The number of aryl methyl sites for hydroxylation is 1. The molecule has 2 aromatic rings. The van der Waals surface area contributed by atoms with Gasteiger partial charge in [0, 0.05) is 37.9 Å². The summed E-state index contributed by atoms with van der Waals surface area (Å²) in [5.41, 5.74) is 2.17. The minimum absolute atomic E-state index is 0.0624. The molecule has 1 saturated heterocycles. The van der Waals surface area contributed by atoms with Crippen molar-refractivity contribution >= 4 is 10.0 Å². The van der Waals surface area contributed by atoms with E-state index in [0.717, 1.165) is 50.2 Å². The van der Waals surface area contributed by atoms with Crippen LogP contribution in [0.1, 0.15) is 24.1 Å². The third-order valence-corrected chi connectivity index (χ3v) is 7.10. The molecule has 0 aliphatic carbocycles. The molecule has 1 aromatic heterocycles. The molecule has 140 valence electrons. The average Bonchev–Trinajstić information content (AvgIpc) is 2.67. The molecule has 0 N–H and O–H groups in total. The van der Waals surface area contributed by atoms with Gasteiger partial charge in [0.2, 0.25) is 10.0 Å². The quantitative estimate of drug-likeness (QED) is 0.781. The Labute approximate surface area is 156 Å². The van der Waals surface area contributed by atoms with Crippen molar-refractivity contribution in [2.45, 2.75) is 37.1 Å². The number of benzene rings is 1. The maximum atomic E-state index is 12.8. The molecular weight excluding hydrogens is 346 g/mol. The second-order valence-electron chi connectivity index (χ2n) is 6.98. The monoisotopic (exact) mass is 373 g/mol. The lowest BCUT2D eigenvalue weighted by Gasteiger charge is -2.36. The van der Waals surface area contributed by atoms with Gasteiger partial charge in [-0.25, -0.2) is 8.42 Å². The molecule has 1 aromatic carbocycles. The molecule has 1 aliphatic rings. The summed E-state index contributed by atoms with van der Waals surface area (Å²) in [7, 11) is -1.71. The second kappa shape index (κ2) is 8.29. The van der Waals surface area contributed by atoms with E-state index in [0.29, 0.717) is 4.90 Å². The molecule has 0 saturated carbocycles. The Balaban J connectivity index is 1.54. The van der Waals surface area contributed by atoms with E-state index < -0.39 is 10.0 Å². The molecule has 1 fully saturated rings. The second-order valence-corrected chi connectivity index (χ2v) is 8.98. The Kier molecular flexibility index (Phi) is 6.06. The average molecular weight is 374 g/mol. The smallest absolute Gasteiger partial charge is 0.243 e. The predicted octanol–water partition coefficient (Wildman–Crippen LogP) is 2.72. The predicted molar refractivity (Wildman–Crippen MR) is 104 cm³/mol. The Bertz CT molecular complexity index is 799. The van der Waals surface area contributed by atoms with E-state index in [1.54, 1.807) is 23.5 Å². The fourth-order valence-corrected chi connectivity index (χ4v) is 4.81. The third kappa shape index (κ3) is 4.50. The normalized spacial score (nSPS) is 16.9. The molecule has 0 bridgehead atoms. The summed E-state index contributed by atoms with van der Waals surface area (Å²) >= 11 is 0. The Hall–Kier alpha value is -1.76. The molecule has 2 heterocycles. The number of hydrogen-bond donors (Lipinski definition) is 0. The fourth-order valence-electron chi connectivity index (χ4n) is 3.40. The van der Waals surface area contributed by atoms with Crippen LogP contribution in [0.2, 0.25) is 0 Å². The van der Waals surface area contributed by atoms with Crippen molar-refractivity contribution in [1.29, 1.82) is 0 Å². The summed E-state index contributed by atoms with van der Waals surface area (Å²) < 4.78 is 27.2. The van der Waals surface area contributed by atoms with E-state index in [9.17, 15) is 8.42 Å². The lowest BCUT2D eigenvalue weighted by atomic mass is 10.1. The highest BCUT2D eigenvalue weighted by Crippen LogP contribution is 2.23. The van der Waals surface area contributed by atoms with Gasteiger partial charge in [0.05, 0.1) is 4.90 Å². The van der Waals surface area contributed by atoms with Crippen molar-refractivity contribution < 1.29 is 8.42 Å². The number of sulfonamides is 1. The van der Waals surface area contributed by atoms with E-state index >= 15 is 0 Å². The summed E-state index contributed by atoms with van der Waals surface area (Å²) in [6, 6.07) is 13.1. The summed E-state index contributed by atoms with van der Waals surface area (Å²) in [4.78, 5) is 7.14. The number of nitrogens with zero attached hydrogens (tertiary/aromatic N) is 3. The van der Waals surface area contributed by atoms with Crippen LogP contribution in [0.5, 0.6) is 0 Å². The number of hydrogen-bond acceptors (Lipinski definition) is 4. The van der Waals surface area contributed by atoms with Crippen LogP contribution in [0.15, 0.2) is 53.6 Å². The molecule has 0 radical (unpaired) electrons. The largest absolute Gasteiger partial charge is 0.303 e. The molecule has 26 heavy (non-hydrogen) atoms. The van der Waals surface area contributed by atoms with Crippen LogP contribution in [-0.2, 0) is 16.4 Å². The lowest BCUT2D eigenvalue weighted by Crippen LogP contribution is -2.45. The first-order valence-corrected chi connectivity index (χ1v) is 10.6. The van der Waals surface area contributed by atoms with Crippen LogP contribution >= 0.6 is 0 Å². The van der Waals surface area contributed by atoms with Crippen LogP contribution in [0.25, 0.3) is 0 Å². The molecule has 3 rings (SSSR count). The SMILES string of the molecule is Cc1ccc(S(=O)(=O)N(C)C2CCN(CCc3ccccn3)CC2)cc1. The van der Waals surface area contributed by atoms with Crippen molar-refractivity contribution in [3.8, 4) is 0 Å². The molecule has 0 amide bonds. The first-order chi connectivity index (χ1) is 12.5. The van der Waals surface area contributed by atoms with Crippen LogP contribution in [0, 0.1) is 6.92 Å². The van der Waals surface area contributed by atoms with E-state index in [-0.39, 0.29) is 6.04 Å². The number of aromatic nitrogens is 1. The molecule has 5 nitrogen and oxygen atoms in total. The van der Waals surface area contributed by atoms with Crippen LogP contribution in [-0.4, -0.2) is 55.3 Å². The molecule has 0 unspecified atom stereocenters. The number of rotatable bonds is 6. The van der Waals surface area contributed by atoms with Gasteiger partial charge in [-0.3, -0.25) is 4.98 Å². The van der Waals surface area contributed by atoms with Crippen LogP contribution in [0.4, 0.5) is 0 Å². The van der Waals surface area contributed by atoms with E-state index in [1.165, 1.54) is 0 Å². The standard InChI is InChI=1S/C20H27N3O2S/c1-17-6-8-20(9-7-17)26(24,25)22(2)19-11-15-23(16-12-19)14-10-18-5-3-4-13-21-18/h3-9,13,19H,10-12,14-16H2,1-2H3. The van der Waals surface area contributed by atoms with Crippen LogP contribution in [0.3, 0.4) is 0 Å². The van der Waals surface area contributed by atoms with Crippen molar-refractivity contribution in [1.82, 2.24) is 14.2 Å². The first-order valence-electron chi connectivity index (χ1n) is 9.14. The van der Waals surface area contributed by atoms with E-state index in [2.05, 4.69) is 16.0 Å². The maximum absolute atomic E-state index is 12.8. The third-order valence-electron chi connectivity index (χ3n) is 5.18. The van der Waals surface area contributed by atoms with Gasteiger partial charge < -0.3 is 4.90 Å². The minimum Gasteiger partial charge on any atom is -0.303 e. The van der Waals surface area contributed by atoms with Crippen molar-refractivity contribution in [3.63, 3.8) is 0 Å². The highest BCUT2D eigenvalue weighted by Gasteiger charge is 2.30. The van der Waals surface area contributed by atoms with Crippen molar-refractivity contribution in [3.05, 3.63) is 59.9 Å². The van der Waals surface area contributed by atoms with Gasteiger partial charge in [0.25, 0.3) is 0 Å². The Morgan fingerprint density at radius 2 is 1.81 bits per heavy atom. The van der Waals surface area contributed by atoms with Gasteiger partial charge in [0.1, 0.15) is 0 Å². The first kappa shape index (κ1) is 19.0. The van der Waals surface area contributed by atoms with Crippen LogP contribution < -0.4 is 0 Å². The Morgan fingerprint density at radius 3 is 2.42 bits per heavy atom.